The maximum Gasteiger partial charge on any atom is 0.159 e. The predicted octanol–water partition coefficient (Wildman–Crippen LogP) is 12.7. The number of hydrogen-bond donors (Lipinski definition) is 0. The van der Waals surface area contributed by atoms with Gasteiger partial charge in [0.1, 0.15) is 0 Å². The Bertz CT molecular complexity index is 3050. The first-order valence-corrected chi connectivity index (χ1v) is 18.2. The molecule has 0 radical (unpaired) electrons. The van der Waals surface area contributed by atoms with Crippen LogP contribution < -0.4 is 0 Å². The molecule has 0 aliphatic heterocycles. The molecule has 0 fully saturated rings. The third-order valence-electron chi connectivity index (χ3n) is 10.7. The van der Waals surface area contributed by atoms with Crippen molar-refractivity contribution < 1.29 is 0 Å². The Morgan fingerprint density at radius 1 is 0.315 bits per heavy atom. The van der Waals surface area contributed by atoms with Gasteiger partial charge in [-0.15, -0.1) is 0 Å². The number of rotatable bonds is 5. The van der Waals surface area contributed by atoms with Crippen LogP contribution in [0.5, 0.6) is 0 Å². The monoisotopic (exact) mass is 686 g/mol. The minimum absolute atomic E-state index is 0.693. The summed E-state index contributed by atoms with van der Waals surface area (Å²) in [6.45, 7) is 0. The lowest BCUT2D eigenvalue weighted by atomic mass is 9.93. The summed E-state index contributed by atoms with van der Waals surface area (Å²) in [4.78, 5) is 19.8. The molecule has 0 atom stereocenters. The molecule has 0 saturated heterocycles. The highest BCUT2D eigenvalue weighted by atomic mass is 14.9. The van der Waals surface area contributed by atoms with E-state index in [1.165, 1.54) is 44.2 Å². The third kappa shape index (κ3) is 4.92. The number of fused-ring (bicyclic) bond motifs is 6. The van der Waals surface area contributed by atoms with Crippen molar-refractivity contribution in [2.24, 2.45) is 0 Å². The average molecular weight is 687 g/mol. The van der Waals surface area contributed by atoms with E-state index in [-0.39, 0.29) is 0 Å². The van der Waals surface area contributed by atoms with E-state index in [4.69, 9.17) is 9.97 Å². The lowest BCUT2D eigenvalue weighted by Crippen LogP contribution is -1.92. The Hall–Kier alpha value is -7.30. The summed E-state index contributed by atoms with van der Waals surface area (Å²) in [5.74, 6) is 0.693. The fourth-order valence-corrected chi connectivity index (χ4v) is 8.04. The topological polar surface area (TPSA) is 51.6 Å². The molecule has 11 rings (SSSR count). The lowest BCUT2D eigenvalue weighted by molar-refractivity contribution is 1.18. The maximum absolute atomic E-state index is 5.27. The van der Waals surface area contributed by atoms with Crippen LogP contribution in [0, 0.1) is 0 Å². The summed E-state index contributed by atoms with van der Waals surface area (Å²) >= 11 is 0. The van der Waals surface area contributed by atoms with Gasteiger partial charge in [-0.3, -0.25) is 0 Å². The Morgan fingerprint density at radius 2 is 0.852 bits per heavy atom. The summed E-state index contributed by atoms with van der Waals surface area (Å²) < 4.78 is 0. The van der Waals surface area contributed by atoms with Gasteiger partial charge in [0.15, 0.2) is 5.82 Å². The molecule has 3 aromatic heterocycles. The van der Waals surface area contributed by atoms with Crippen LogP contribution in [0.4, 0.5) is 0 Å². The summed E-state index contributed by atoms with van der Waals surface area (Å²) in [5.41, 5.74) is 16.4. The van der Waals surface area contributed by atoms with Crippen molar-refractivity contribution in [3.8, 4) is 78.4 Å². The highest BCUT2D eigenvalue weighted by Gasteiger charge is 2.22. The van der Waals surface area contributed by atoms with E-state index in [1.807, 2.05) is 30.6 Å². The molecule has 1 aliphatic carbocycles. The van der Waals surface area contributed by atoms with Crippen LogP contribution in [0.25, 0.3) is 111 Å². The quantitative estimate of drug-likeness (QED) is 0.169. The molecule has 0 unspecified atom stereocenters. The molecular weight excluding hydrogens is 657 g/mol. The second-order valence-corrected chi connectivity index (χ2v) is 13.9. The zero-order valence-electron chi connectivity index (χ0n) is 29.1. The fourth-order valence-electron chi connectivity index (χ4n) is 8.04. The fraction of sp³-hybridized carbons (Fsp3) is 0. The van der Waals surface area contributed by atoms with E-state index >= 15 is 0 Å². The molecule has 250 valence electrons. The van der Waals surface area contributed by atoms with Crippen molar-refractivity contribution in [3.05, 3.63) is 182 Å². The van der Waals surface area contributed by atoms with Gasteiger partial charge in [-0.1, -0.05) is 152 Å². The Morgan fingerprint density at radius 3 is 1.57 bits per heavy atom. The first-order chi connectivity index (χ1) is 26.7. The maximum atomic E-state index is 5.27. The predicted molar refractivity (Wildman–Crippen MR) is 222 cm³/mol. The van der Waals surface area contributed by atoms with Gasteiger partial charge in [0, 0.05) is 45.4 Å². The molecule has 0 N–H and O–H groups in total. The van der Waals surface area contributed by atoms with E-state index in [2.05, 4.69) is 162 Å². The SMILES string of the molecule is c1ccc(-c2cnc(-c3ccc(-c4ccc5ccc6ccc(-c7cccc(-c8ccc9c%10c(cccc8%10)-c8ccccc8-9)c7)nc6c5n4)cc3)nc2)cc1. The minimum atomic E-state index is 0.693. The minimum Gasteiger partial charge on any atom is -0.245 e. The Balaban J connectivity index is 0.939. The van der Waals surface area contributed by atoms with Crippen molar-refractivity contribution in [3.63, 3.8) is 0 Å². The summed E-state index contributed by atoms with van der Waals surface area (Å²) in [6.07, 6.45) is 3.76. The molecular formula is C50H30N4. The standard InChI is InChI=1S/C50H30N4/c1-2-8-31(9-3-1)38-29-51-50(52-30-38)35-20-16-32(17-21-35)45-26-22-33-18-19-34-23-27-46(54-49(34)48(33)53-45)37-11-6-10-36(28-37)39-24-25-44-41-13-5-4-12-40(41)43-15-7-14-42(39)47(43)44/h1-30H. The summed E-state index contributed by atoms with van der Waals surface area (Å²) in [7, 11) is 0. The molecule has 4 heteroatoms. The van der Waals surface area contributed by atoms with E-state index in [0.29, 0.717) is 5.82 Å². The number of benzene rings is 7. The van der Waals surface area contributed by atoms with E-state index in [9.17, 15) is 0 Å². The molecule has 1 aliphatic rings. The van der Waals surface area contributed by atoms with Crippen LogP contribution in [0.15, 0.2) is 182 Å². The molecule has 0 amide bonds. The van der Waals surface area contributed by atoms with Gasteiger partial charge in [-0.05, 0) is 67.9 Å². The van der Waals surface area contributed by atoms with Crippen LogP contribution in [-0.2, 0) is 0 Å². The molecule has 54 heavy (non-hydrogen) atoms. The molecule has 4 nitrogen and oxygen atoms in total. The highest BCUT2D eigenvalue weighted by molar-refractivity contribution is 6.18. The molecule has 0 spiro atoms. The zero-order valence-corrected chi connectivity index (χ0v) is 29.1. The first-order valence-electron chi connectivity index (χ1n) is 18.2. The first kappa shape index (κ1) is 30.3. The molecule has 7 aromatic carbocycles. The number of nitrogens with zero attached hydrogens (tertiary/aromatic N) is 4. The largest absolute Gasteiger partial charge is 0.245 e. The third-order valence-corrected chi connectivity index (χ3v) is 10.7. The lowest BCUT2D eigenvalue weighted by Gasteiger charge is -2.12. The number of hydrogen-bond acceptors (Lipinski definition) is 4. The van der Waals surface area contributed by atoms with Crippen molar-refractivity contribution >= 4 is 32.6 Å². The summed E-state index contributed by atoms with van der Waals surface area (Å²) in [6, 6.07) is 60.0. The van der Waals surface area contributed by atoms with Gasteiger partial charge in [-0.25, -0.2) is 19.9 Å². The normalized spacial score (nSPS) is 11.7. The highest BCUT2D eigenvalue weighted by Crippen LogP contribution is 2.49. The van der Waals surface area contributed by atoms with Gasteiger partial charge < -0.3 is 0 Å². The van der Waals surface area contributed by atoms with Gasteiger partial charge in [-0.2, -0.15) is 0 Å². The van der Waals surface area contributed by atoms with Crippen LogP contribution in [0.2, 0.25) is 0 Å². The summed E-state index contributed by atoms with van der Waals surface area (Å²) in [5, 5.41) is 4.72. The van der Waals surface area contributed by atoms with Gasteiger partial charge in [0.2, 0.25) is 0 Å². The average Bonchev–Trinajstić information content (AvgIpc) is 3.58. The van der Waals surface area contributed by atoms with E-state index in [0.717, 1.165) is 61.0 Å². The van der Waals surface area contributed by atoms with Crippen molar-refractivity contribution in [2.45, 2.75) is 0 Å². The number of aromatic nitrogens is 4. The zero-order chi connectivity index (χ0) is 35.6. The second kappa shape index (κ2) is 12.1. The van der Waals surface area contributed by atoms with Crippen LogP contribution in [-0.4, -0.2) is 19.9 Å². The van der Waals surface area contributed by atoms with Crippen LogP contribution in [0.1, 0.15) is 0 Å². The molecule has 0 saturated carbocycles. The van der Waals surface area contributed by atoms with Gasteiger partial charge in [0.25, 0.3) is 0 Å². The second-order valence-electron chi connectivity index (χ2n) is 13.9. The van der Waals surface area contributed by atoms with Crippen LogP contribution in [0.3, 0.4) is 0 Å². The number of pyridine rings is 2. The van der Waals surface area contributed by atoms with Crippen molar-refractivity contribution in [1.29, 1.82) is 0 Å². The van der Waals surface area contributed by atoms with Crippen molar-refractivity contribution in [1.82, 2.24) is 19.9 Å². The van der Waals surface area contributed by atoms with Crippen molar-refractivity contribution in [2.75, 3.05) is 0 Å². The van der Waals surface area contributed by atoms with E-state index < -0.39 is 0 Å². The Kier molecular flexibility index (Phi) is 6.82. The molecule has 3 heterocycles. The smallest absolute Gasteiger partial charge is 0.159 e. The van der Waals surface area contributed by atoms with Crippen LogP contribution >= 0.6 is 0 Å². The Labute approximate surface area is 312 Å². The molecule has 10 aromatic rings. The van der Waals surface area contributed by atoms with Gasteiger partial charge in [0.05, 0.1) is 22.4 Å². The van der Waals surface area contributed by atoms with E-state index in [1.54, 1.807) is 0 Å². The molecule has 0 bridgehead atoms. The van der Waals surface area contributed by atoms with Gasteiger partial charge >= 0.3 is 0 Å².